The lowest BCUT2D eigenvalue weighted by atomic mass is 9.96. The van der Waals surface area contributed by atoms with Crippen molar-refractivity contribution in [1.29, 1.82) is 0 Å². The lowest BCUT2D eigenvalue weighted by Crippen LogP contribution is -2.43. The van der Waals surface area contributed by atoms with Crippen molar-refractivity contribution in [2.45, 2.75) is 25.7 Å². The average Bonchev–Trinajstić information content (AvgIpc) is 3.27. The van der Waals surface area contributed by atoms with Gasteiger partial charge in [0.15, 0.2) is 0 Å². The minimum absolute atomic E-state index is 0.0588. The molecule has 2 amide bonds. The van der Waals surface area contributed by atoms with Crippen LogP contribution in [0, 0.1) is 5.92 Å². The summed E-state index contributed by atoms with van der Waals surface area (Å²) in [6.45, 7) is 0.979. The maximum atomic E-state index is 12.9. The van der Waals surface area contributed by atoms with Gasteiger partial charge < -0.3 is 19.9 Å². The number of nitrogens with one attached hydrogen (secondary N) is 2. The van der Waals surface area contributed by atoms with E-state index in [-0.39, 0.29) is 30.6 Å². The summed E-state index contributed by atoms with van der Waals surface area (Å²) in [5, 5.41) is 4.14. The number of benzene rings is 2. The number of ether oxygens (including phenoxy) is 1. The number of carbonyl (C=O) groups excluding carboxylic acids is 3. The summed E-state index contributed by atoms with van der Waals surface area (Å²) in [7, 11) is 1.31. The van der Waals surface area contributed by atoms with Crippen LogP contribution in [0.3, 0.4) is 0 Å². The number of piperidine rings is 1. The number of carbonyl (C=O) groups is 3. The van der Waals surface area contributed by atoms with Crippen molar-refractivity contribution >= 4 is 34.4 Å². The van der Waals surface area contributed by atoms with Gasteiger partial charge in [0.1, 0.15) is 0 Å². The van der Waals surface area contributed by atoms with Gasteiger partial charge in [0.25, 0.3) is 0 Å². The van der Waals surface area contributed by atoms with Crippen molar-refractivity contribution in [3.63, 3.8) is 0 Å². The van der Waals surface area contributed by atoms with Crippen LogP contribution in [-0.2, 0) is 19.1 Å². The third-order valence-electron chi connectivity index (χ3n) is 5.89. The van der Waals surface area contributed by atoms with Crippen molar-refractivity contribution in [3.8, 4) is 11.3 Å². The summed E-state index contributed by atoms with van der Waals surface area (Å²) in [6.07, 6.45) is 1.66. The van der Waals surface area contributed by atoms with Crippen LogP contribution in [0.4, 0.5) is 5.69 Å². The number of hydrogen-bond donors (Lipinski definition) is 2. The Kier molecular flexibility index (Phi) is 6.54. The molecule has 166 valence electrons. The molecule has 1 fully saturated rings. The number of hydrogen-bond acceptors (Lipinski definition) is 4. The quantitative estimate of drug-likeness (QED) is 0.576. The molecule has 1 saturated heterocycles. The molecule has 2 N–H and O–H groups in total. The number of H-pyrrole nitrogens is 1. The number of para-hydroxylation sites is 1. The summed E-state index contributed by atoms with van der Waals surface area (Å²) < 4.78 is 4.60. The maximum absolute atomic E-state index is 12.9. The molecule has 1 aliphatic rings. The zero-order valence-electron chi connectivity index (χ0n) is 18.1. The number of methoxy groups -OCH3 is 1. The molecule has 1 aliphatic heterocycles. The number of anilines is 1. The maximum Gasteiger partial charge on any atom is 0.306 e. The van der Waals surface area contributed by atoms with Gasteiger partial charge in [-0.1, -0.05) is 30.3 Å². The first-order valence-electron chi connectivity index (χ1n) is 10.9. The van der Waals surface area contributed by atoms with Gasteiger partial charge in [-0.25, -0.2) is 0 Å². The molecular formula is C25H27N3O4. The summed E-state index contributed by atoms with van der Waals surface area (Å²) in [5.74, 6) is -0.889. The van der Waals surface area contributed by atoms with Crippen LogP contribution in [0.15, 0.2) is 54.6 Å². The fourth-order valence-corrected chi connectivity index (χ4v) is 4.12. The van der Waals surface area contributed by atoms with Gasteiger partial charge in [0, 0.05) is 47.4 Å². The molecule has 2 aromatic carbocycles. The molecule has 0 unspecified atom stereocenters. The highest BCUT2D eigenvalue weighted by Crippen LogP contribution is 2.27. The van der Waals surface area contributed by atoms with Gasteiger partial charge in [0.2, 0.25) is 11.8 Å². The van der Waals surface area contributed by atoms with Crippen LogP contribution in [0.2, 0.25) is 0 Å². The number of aromatic amines is 1. The van der Waals surface area contributed by atoms with Gasteiger partial charge in [0.05, 0.1) is 19.4 Å². The number of amides is 2. The van der Waals surface area contributed by atoms with E-state index in [0.717, 1.165) is 40.7 Å². The molecular weight excluding hydrogens is 406 g/mol. The second-order valence-corrected chi connectivity index (χ2v) is 8.10. The van der Waals surface area contributed by atoms with Crippen molar-refractivity contribution < 1.29 is 19.1 Å². The fraction of sp³-hybridized carbons (Fsp3) is 0.320. The third-order valence-corrected chi connectivity index (χ3v) is 5.89. The van der Waals surface area contributed by atoms with Crippen LogP contribution < -0.4 is 5.32 Å². The number of likely N-dealkylation sites (tertiary alicyclic amines) is 1. The van der Waals surface area contributed by atoms with Crippen LogP contribution in [0.1, 0.15) is 25.7 Å². The Morgan fingerprint density at radius 1 is 1.09 bits per heavy atom. The largest absolute Gasteiger partial charge is 0.469 e. The molecule has 0 saturated carbocycles. The van der Waals surface area contributed by atoms with Crippen LogP contribution in [-0.4, -0.2) is 47.9 Å². The third kappa shape index (κ3) is 4.99. The van der Waals surface area contributed by atoms with Crippen molar-refractivity contribution in [3.05, 3.63) is 54.6 Å². The summed E-state index contributed by atoms with van der Waals surface area (Å²) >= 11 is 0. The second kappa shape index (κ2) is 9.68. The molecule has 1 atom stereocenters. The molecule has 3 aromatic rings. The minimum atomic E-state index is -0.403. The summed E-state index contributed by atoms with van der Waals surface area (Å²) in [6, 6.07) is 17.9. The summed E-state index contributed by atoms with van der Waals surface area (Å²) in [4.78, 5) is 41.7. The smallest absolute Gasteiger partial charge is 0.306 e. The highest BCUT2D eigenvalue weighted by Gasteiger charge is 2.28. The normalized spacial score (nSPS) is 16.0. The van der Waals surface area contributed by atoms with Gasteiger partial charge >= 0.3 is 5.97 Å². The first kappa shape index (κ1) is 21.6. The zero-order valence-corrected chi connectivity index (χ0v) is 18.1. The van der Waals surface area contributed by atoms with E-state index in [9.17, 15) is 14.4 Å². The van der Waals surface area contributed by atoms with Crippen molar-refractivity contribution in [2.75, 3.05) is 25.5 Å². The molecule has 0 aliphatic carbocycles. The molecule has 32 heavy (non-hydrogen) atoms. The average molecular weight is 434 g/mol. The first-order chi connectivity index (χ1) is 15.5. The van der Waals surface area contributed by atoms with Gasteiger partial charge in [-0.15, -0.1) is 0 Å². The van der Waals surface area contributed by atoms with E-state index in [2.05, 4.69) is 27.2 Å². The molecule has 0 spiro atoms. The topological polar surface area (TPSA) is 91.5 Å². The molecule has 0 bridgehead atoms. The molecule has 7 nitrogen and oxygen atoms in total. The first-order valence-corrected chi connectivity index (χ1v) is 10.9. The van der Waals surface area contributed by atoms with E-state index in [1.165, 1.54) is 7.11 Å². The van der Waals surface area contributed by atoms with Gasteiger partial charge in [-0.3, -0.25) is 14.4 Å². The lowest BCUT2D eigenvalue weighted by molar-refractivity contribution is -0.144. The molecule has 1 aromatic heterocycles. The minimum Gasteiger partial charge on any atom is -0.469 e. The van der Waals surface area contributed by atoms with E-state index >= 15 is 0 Å². The van der Waals surface area contributed by atoms with Crippen LogP contribution in [0.5, 0.6) is 0 Å². The second-order valence-electron chi connectivity index (χ2n) is 8.10. The van der Waals surface area contributed by atoms with Crippen molar-refractivity contribution in [1.82, 2.24) is 9.88 Å². The van der Waals surface area contributed by atoms with Gasteiger partial charge in [-0.05, 0) is 37.1 Å². The van der Waals surface area contributed by atoms with E-state index < -0.39 is 5.97 Å². The summed E-state index contributed by atoms with van der Waals surface area (Å²) in [5.41, 5.74) is 3.76. The Hall–Kier alpha value is -3.61. The highest BCUT2D eigenvalue weighted by atomic mass is 16.5. The predicted molar refractivity (Wildman–Crippen MR) is 123 cm³/mol. The Bertz CT molecular complexity index is 1100. The molecule has 2 heterocycles. The van der Waals surface area contributed by atoms with Crippen LogP contribution in [0.25, 0.3) is 22.2 Å². The fourth-order valence-electron chi connectivity index (χ4n) is 4.12. The van der Waals surface area contributed by atoms with E-state index in [1.54, 1.807) is 4.90 Å². The monoisotopic (exact) mass is 433 g/mol. The van der Waals surface area contributed by atoms with Crippen LogP contribution >= 0.6 is 0 Å². The lowest BCUT2D eigenvalue weighted by Gasteiger charge is -2.32. The zero-order chi connectivity index (χ0) is 22.5. The van der Waals surface area contributed by atoms with E-state index in [1.807, 2.05) is 42.5 Å². The van der Waals surface area contributed by atoms with E-state index in [4.69, 9.17) is 0 Å². The Labute approximate surface area is 186 Å². The Morgan fingerprint density at radius 2 is 1.94 bits per heavy atom. The molecule has 7 heteroatoms. The number of fused-ring (bicyclic) bond motifs is 1. The van der Waals surface area contributed by atoms with E-state index in [0.29, 0.717) is 13.1 Å². The Balaban J connectivity index is 1.39. The standard InChI is InChI=1S/C25H27N3O4/c1-32-24(30)12-11-23(29)28-13-5-8-19(16-28)25(31)26-20-9-4-7-17(14-20)22-15-18-6-2-3-10-21(18)27-22/h2-4,6-7,9-10,14-15,19,27H,5,8,11-13,16H2,1H3,(H,26,31)/t19-/m1/s1. The number of rotatable bonds is 6. The highest BCUT2D eigenvalue weighted by molar-refractivity contribution is 5.94. The van der Waals surface area contributed by atoms with Gasteiger partial charge in [-0.2, -0.15) is 0 Å². The number of aromatic nitrogens is 1. The Morgan fingerprint density at radius 3 is 2.75 bits per heavy atom. The number of nitrogens with zero attached hydrogens (tertiary/aromatic N) is 1. The molecule has 4 rings (SSSR count). The SMILES string of the molecule is COC(=O)CCC(=O)N1CCC[C@@H](C(=O)Nc2cccc(-c3cc4ccccc4[nH]3)c2)C1. The predicted octanol–water partition coefficient (Wildman–Crippen LogP) is 3.97. The molecule has 0 radical (unpaired) electrons. The number of esters is 1. The van der Waals surface area contributed by atoms with Crippen molar-refractivity contribution in [2.24, 2.45) is 5.92 Å².